The Morgan fingerprint density at radius 1 is 0.593 bits per heavy atom. The highest BCUT2D eigenvalue weighted by Crippen LogP contribution is 2.38. The fraction of sp³-hybridized carbons (Fsp3) is 0.120. The molecule has 0 atom stereocenters. The number of benzene rings is 4. The molecule has 0 unspecified atom stereocenters. The van der Waals surface area contributed by atoms with Gasteiger partial charge in [0.1, 0.15) is 5.82 Å². The van der Waals surface area contributed by atoms with Crippen molar-refractivity contribution in [3.63, 3.8) is 0 Å². The van der Waals surface area contributed by atoms with Gasteiger partial charge in [-0.05, 0) is 16.2 Å². The Hall–Kier alpha value is -3.26. The van der Waals surface area contributed by atoms with Gasteiger partial charge in [-0.3, -0.25) is 0 Å². The molecule has 0 radical (unpaired) electrons. The molecule has 0 aliphatic rings. The third-order valence-corrected chi connectivity index (χ3v) is 5.16. The second kappa shape index (κ2) is 6.17. The van der Waals surface area contributed by atoms with Crippen LogP contribution in [0, 0.1) is 0 Å². The minimum Gasteiger partial charge on any atom is -0.232 e. The van der Waals surface area contributed by atoms with Crippen LogP contribution >= 0.6 is 0 Å². The number of nitrogens with zero attached hydrogens (tertiary/aromatic N) is 2. The van der Waals surface area contributed by atoms with E-state index in [2.05, 4.69) is 86.6 Å². The highest BCUT2D eigenvalue weighted by Gasteiger charge is 2.17. The van der Waals surface area contributed by atoms with Crippen LogP contribution < -0.4 is 0 Å². The maximum absolute atomic E-state index is 5.03. The van der Waals surface area contributed by atoms with Crippen molar-refractivity contribution >= 4 is 32.4 Å². The zero-order valence-electron chi connectivity index (χ0n) is 15.5. The molecule has 27 heavy (non-hydrogen) atoms. The maximum Gasteiger partial charge on any atom is 0.132 e. The summed E-state index contributed by atoms with van der Waals surface area (Å²) in [5.41, 5.74) is 3.19. The Bertz CT molecular complexity index is 1290. The average molecular weight is 348 g/mol. The fourth-order valence-corrected chi connectivity index (χ4v) is 3.85. The van der Waals surface area contributed by atoms with E-state index in [9.17, 15) is 0 Å². The number of fused-ring (bicyclic) bond motifs is 6. The lowest BCUT2D eigenvalue weighted by atomic mass is 9.94. The Morgan fingerprint density at radius 2 is 1.15 bits per heavy atom. The van der Waals surface area contributed by atoms with Crippen molar-refractivity contribution in [2.45, 2.75) is 19.8 Å². The van der Waals surface area contributed by atoms with E-state index in [1.165, 1.54) is 21.5 Å². The summed E-state index contributed by atoms with van der Waals surface area (Å²) in [4.78, 5) is 10.0. The van der Waals surface area contributed by atoms with Crippen molar-refractivity contribution in [1.82, 2.24) is 9.97 Å². The van der Waals surface area contributed by atoms with E-state index in [1.54, 1.807) is 0 Å². The lowest BCUT2D eigenvalue weighted by Crippen LogP contribution is -2.01. The van der Waals surface area contributed by atoms with Crippen molar-refractivity contribution in [3.05, 3.63) is 84.7 Å². The highest BCUT2D eigenvalue weighted by molar-refractivity contribution is 6.26. The van der Waals surface area contributed by atoms with Crippen LogP contribution in [0.15, 0.2) is 78.9 Å². The molecule has 5 aromatic rings. The van der Waals surface area contributed by atoms with Gasteiger partial charge in [0.2, 0.25) is 0 Å². The van der Waals surface area contributed by atoms with Crippen LogP contribution in [0.4, 0.5) is 0 Å². The van der Waals surface area contributed by atoms with E-state index in [4.69, 9.17) is 9.97 Å². The topological polar surface area (TPSA) is 25.8 Å². The molecule has 0 spiro atoms. The quantitative estimate of drug-likeness (QED) is 0.331. The third-order valence-electron chi connectivity index (χ3n) is 5.16. The zero-order chi connectivity index (χ0) is 18.4. The zero-order valence-corrected chi connectivity index (χ0v) is 15.5. The molecule has 5 rings (SSSR count). The van der Waals surface area contributed by atoms with Crippen molar-refractivity contribution < 1.29 is 0 Å². The second-order valence-corrected chi connectivity index (χ2v) is 7.27. The normalized spacial score (nSPS) is 11.7. The molecule has 1 aromatic heterocycles. The van der Waals surface area contributed by atoms with Crippen molar-refractivity contribution in [2.24, 2.45) is 0 Å². The predicted molar refractivity (Wildman–Crippen MR) is 114 cm³/mol. The molecule has 0 aliphatic heterocycles. The summed E-state index contributed by atoms with van der Waals surface area (Å²) in [6, 6.07) is 27.6. The smallest absolute Gasteiger partial charge is 0.132 e. The van der Waals surface area contributed by atoms with Gasteiger partial charge in [0.25, 0.3) is 0 Å². The van der Waals surface area contributed by atoms with Crippen molar-refractivity contribution in [2.75, 3.05) is 0 Å². The van der Waals surface area contributed by atoms with Crippen LogP contribution in [0.1, 0.15) is 25.6 Å². The Balaban J connectivity index is 2.09. The van der Waals surface area contributed by atoms with Crippen molar-refractivity contribution in [3.8, 4) is 11.3 Å². The number of hydrogen-bond donors (Lipinski definition) is 0. The van der Waals surface area contributed by atoms with E-state index in [0.29, 0.717) is 0 Å². The summed E-state index contributed by atoms with van der Waals surface area (Å²) in [5.74, 6) is 1.16. The largest absolute Gasteiger partial charge is 0.232 e. The lowest BCUT2D eigenvalue weighted by molar-refractivity contribution is 0.785. The molecular formula is C25H20N2. The Morgan fingerprint density at radius 3 is 1.81 bits per heavy atom. The summed E-state index contributed by atoms with van der Waals surface area (Å²) < 4.78 is 0. The SMILES string of the molecule is CC(C)c1nc(-c2ccccc2)c2c3ccccc3c3ccccc3c2n1. The molecular weight excluding hydrogens is 328 g/mol. The van der Waals surface area contributed by atoms with Gasteiger partial charge in [-0.2, -0.15) is 0 Å². The minimum absolute atomic E-state index is 0.266. The summed E-state index contributed by atoms with van der Waals surface area (Å²) in [6.07, 6.45) is 0. The van der Waals surface area contributed by atoms with E-state index in [-0.39, 0.29) is 5.92 Å². The van der Waals surface area contributed by atoms with E-state index in [1.807, 2.05) is 6.07 Å². The Kier molecular flexibility index (Phi) is 3.64. The van der Waals surface area contributed by atoms with Crippen LogP contribution in [0.25, 0.3) is 43.7 Å². The van der Waals surface area contributed by atoms with E-state index in [0.717, 1.165) is 28.0 Å². The summed E-state index contributed by atoms with van der Waals surface area (Å²) >= 11 is 0. The van der Waals surface area contributed by atoms with Crippen molar-refractivity contribution in [1.29, 1.82) is 0 Å². The highest BCUT2D eigenvalue weighted by atomic mass is 14.9. The van der Waals surface area contributed by atoms with E-state index < -0.39 is 0 Å². The molecule has 2 nitrogen and oxygen atoms in total. The van der Waals surface area contributed by atoms with Gasteiger partial charge in [0.15, 0.2) is 0 Å². The molecule has 4 aromatic carbocycles. The van der Waals surface area contributed by atoms with Crippen LogP contribution in [-0.2, 0) is 0 Å². The van der Waals surface area contributed by atoms with Crippen LogP contribution in [0.2, 0.25) is 0 Å². The van der Waals surface area contributed by atoms with Gasteiger partial charge in [0.05, 0.1) is 11.2 Å². The van der Waals surface area contributed by atoms with Gasteiger partial charge in [-0.15, -0.1) is 0 Å². The van der Waals surface area contributed by atoms with Gasteiger partial charge < -0.3 is 0 Å². The van der Waals surface area contributed by atoms with E-state index >= 15 is 0 Å². The summed E-state index contributed by atoms with van der Waals surface area (Å²) in [7, 11) is 0. The molecule has 0 saturated carbocycles. The van der Waals surface area contributed by atoms with Gasteiger partial charge >= 0.3 is 0 Å². The second-order valence-electron chi connectivity index (χ2n) is 7.27. The Labute approximate surface area is 158 Å². The van der Waals surface area contributed by atoms with Crippen LogP contribution in [0.3, 0.4) is 0 Å². The molecule has 0 N–H and O–H groups in total. The maximum atomic E-state index is 5.03. The molecule has 2 heteroatoms. The summed E-state index contributed by atoms with van der Waals surface area (Å²) in [6.45, 7) is 4.30. The number of rotatable bonds is 2. The number of aromatic nitrogens is 2. The molecule has 0 bridgehead atoms. The molecule has 0 aliphatic carbocycles. The predicted octanol–water partition coefficient (Wildman–Crippen LogP) is 6.73. The first-order chi connectivity index (χ1) is 13.2. The standard InChI is InChI=1S/C25H20N2/c1-16(2)25-26-23(17-10-4-3-5-11-17)22-20-14-8-6-12-18(20)19-13-7-9-15-21(19)24(22)27-25/h3-16H,1-2H3. The summed E-state index contributed by atoms with van der Waals surface area (Å²) in [5, 5.41) is 6.03. The molecule has 0 fully saturated rings. The first-order valence-corrected chi connectivity index (χ1v) is 9.40. The first-order valence-electron chi connectivity index (χ1n) is 9.40. The molecule has 1 heterocycles. The first kappa shape index (κ1) is 16.0. The van der Waals surface area contributed by atoms with Gasteiger partial charge in [-0.25, -0.2) is 9.97 Å². The molecule has 0 amide bonds. The van der Waals surface area contributed by atoms with Crippen LogP contribution in [0.5, 0.6) is 0 Å². The lowest BCUT2D eigenvalue weighted by Gasteiger charge is -2.15. The molecule has 130 valence electrons. The minimum atomic E-state index is 0.266. The fourth-order valence-electron chi connectivity index (χ4n) is 3.85. The number of hydrogen-bond acceptors (Lipinski definition) is 2. The van der Waals surface area contributed by atoms with Crippen LogP contribution in [-0.4, -0.2) is 9.97 Å². The third kappa shape index (κ3) is 2.48. The monoisotopic (exact) mass is 348 g/mol. The van der Waals surface area contributed by atoms with Gasteiger partial charge in [-0.1, -0.05) is 92.7 Å². The van der Waals surface area contributed by atoms with Gasteiger partial charge in [0, 0.05) is 22.3 Å². The molecule has 0 saturated heterocycles. The average Bonchev–Trinajstić information content (AvgIpc) is 2.73.